The van der Waals surface area contributed by atoms with Crippen molar-refractivity contribution in [3.8, 4) is 0 Å². The Morgan fingerprint density at radius 3 is 2.65 bits per heavy atom. The van der Waals surface area contributed by atoms with Crippen LogP contribution in [0.5, 0.6) is 0 Å². The van der Waals surface area contributed by atoms with E-state index in [0.717, 1.165) is 18.9 Å². The van der Waals surface area contributed by atoms with Gasteiger partial charge >= 0.3 is 5.97 Å². The fourth-order valence-corrected chi connectivity index (χ4v) is 3.10. The summed E-state index contributed by atoms with van der Waals surface area (Å²) in [7, 11) is 0. The first kappa shape index (κ1) is 19.5. The molecule has 1 rings (SSSR count). The molecule has 1 unspecified atom stereocenters. The van der Waals surface area contributed by atoms with Gasteiger partial charge in [-0.15, -0.1) is 11.3 Å². The van der Waals surface area contributed by atoms with Crippen molar-refractivity contribution in [1.82, 2.24) is 10.6 Å². The third-order valence-corrected chi connectivity index (χ3v) is 4.01. The maximum atomic E-state index is 11.5. The summed E-state index contributed by atoms with van der Waals surface area (Å²) >= 11 is 1.82. The predicted octanol–water partition coefficient (Wildman–Crippen LogP) is 2.88. The summed E-state index contributed by atoms with van der Waals surface area (Å²) < 4.78 is 5.11. The van der Waals surface area contributed by atoms with Crippen molar-refractivity contribution < 1.29 is 9.53 Å². The van der Waals surface area contributed by atoms with E-state index in [1.54, 1.807) is 0 Å². The van der Waals surface area contributed by atoms with E-state index in [1.807, 2.05) is 32.1 Å². The highest BCUT2D eigenvalue weighted by atomic mass is 32.1. The molecule has 1 aromatic heterocycles. The monoisotopic (exact) mass is 339 g/mol. The van der Waals surface area contributed by atoms with Gasteiger partial charge in [-0.2, -0.15) is 0 Å². The van der Waals surface area contributed by atoms with Crippen LogP contribution in [-0.2, 0) is 16.0 Å². The zero-order valence-corrected chi connectivity index (χ0v) is 15.6. The van der Waals surface area contributed by atoms with E-state index < -0.39 is 0 Å². The van der Waals surface area contributed by atoms with Crippen LogP contribution in [0.15, 0.2) is 17.1 Å². The Morgan fingerprint density at radius 1 is 1.35 bits per heavy atom. The molecule has 0 spiro atoms. The second-order valence-electron chi connectivity index (χ2n) is 5.81. The third kappa shape index (κ3) is 8.59. The number of hydrogen-bond donors (Lipinski definition) is 2. The van der Waals surface area contributed by atoms with Crippen molar-refractivity contribution in [1.29, 1.82) is 0 Å². The van der Waals surface area contributed by atoms with E-state index >= 15 is 0 Å². The van der Waals surface area contributed by atoms with Crippen molar-refractivity contribution in [2.24, 2.45) is 4.99 Å². The Bertz CT molecular complexity index is 512. The van der Waals surface area contributed by atoms with Crippen LogP contribution >= 0.6 is 11.3 Å². The maximum Gasteiger partial charge on any atom is 0.307 e. The lowest BCUT2D eigenvalue weighted by atomic mass is 10.2. The smallest absolute Gasteiger partial charge is 0.307 e. The molecule has 0 saturated heterocycles. The molecule has 5 nitrogen and oxygen atoms in total. The highest BCUT2D eigenvalue weighted by molar-refractivity contribution is 7.11. The minimum absolute atomic E-state index is 0.0767. The molecule has 0 fully saturated rings. The average Bonchev–Trinajstić information content (AvgIpc) is 2.83. The molecule has 1 atom stereocenters. The molecule has 0 amide bonds. The summed E-state index contributed by atoms with van der Waals surface area (Å²) in [6.07, 6.45) is 1.18. The van der Waals surface area contributed by atoms with Gasteiger partial charge in [-0.3, -0.25) is 9.79 Å². The van der Waals surface area contributed by atoms with Crippen molar-refractivity contribution in [3.05, 3.63) is 21.9 Å². The molecule has 2 N–H and O–H groups in total. The summed E-state index contributed by atoms with van der Waals surface area (Å²) in [4.78, 5) is 18.7. The number of nitrogens with zero attached hydrogens (tertiary/aromatic N) is 1. The number of carbonyl (C=O) groups is 1. The molecule has 1 heterocycles. The fraction of sp³-hybridized carbons (Fsp3) is 0.647. The van der Waals surface area contributed by atoms with E-state index in [0.29, 0.717) is 13.0 Å². The first-order valence-corrected chi connectivity index (χ1v) is 9.02. The number of hydrogen-bond acceptors (Lipinski definition) is 4. The van der Waals surface area contributed by atoms with Crippen molar-refractivity contribution >= 4 is 23.3 Å². The third-order valence-electron chi connectivity index (χ3n) is 2.98. The second kappa shape index (κ2) is 10.3. The van der Waals surface area contributed by atoms with Gasteiger partial charge in [0, 0.05) is 28.8 Å². The highest BCUT2D eigenvalue weighted by Gasteiger charge is 2.09. The maximum absolute atomic E-state index is 11.5. The number of thiophene rings is 1. The van der Waals surface area contributed by atoms with E-state index in [2.05, 4.69) is 41.6 Å². The largest absolute Gasteiger partial charge is 0.463 e. The first-order valence-electron chi connectivity index (χ1n) is 8.20. The highest BCUT2D eigenvalue weighted by Crippen LogP contribution is 2.16. The van der Waals surface area contributed by atoms with Gasteiger partial charge in [0.15, 0.2) is 5.96 Å². The van der Waals surface area contributed by atoms with Crippen LogP contribution < -0.4 is 10.6 Å². The predicted molar refractivity (Wildman–Crippen MR) is 97.2 cm³/mol. The number of aryl methyl sites for hydroxylation is 1. The van der Waals surface area contributed by atoms with Crippen LogP contribution in [0.25, 0.3) is 0 Å². The van der Waals surface area contributed by atoms with E-state index in [9.17, 15) is 4.79 Å². The summed E-state index contributed by atoms with van der Waals surface area (Å²) in [6, 6.07) is 4.59. The van der Waals surface area contributed by atoms with Gasteiger partial charge in [0.05, 0.1) is 19.1 Å². The Kier molecular flexibility index (Phi) is 8.69. The summed E-state index contributed by atoms with van der Waals surface area (Å²) in [5.74, 6) is 0.535. The van der Waals surface area contributed by atoms with Crippen LogP contribution in [0.4, 0.5) is 0 Å². The molecule has 130 valence electrons. The molecule has 0 saturated carbocycles. The molecule has 0 aliphatic carbocycles. The van der Waals surface area contributed by atoms with Gasteiger partial charge in [-0.1, -0.05) is 0 Å². The summed E-state index contributed by atoms with van der Waals surface area (Å²) in [6.45, 7) is 11.2. The zero-order chi connectivity index (χ0) is 17.2. The average molecular weight is 340 g/mol. The van der Waals surface area contributed by atoms with Crippen LogP contribution in [0.2, 0.25) is 0 Å². The molecule has 0 aliphatic rings. The topological polar surface area (TPSA) is 62.7 Å². The molecule has 6 heteroatoms. The molecule has 0 aromatic carbocycles. The molecule has 23 heavy (non-hydrogen) atoms. The van der Waals surface area contributed by atoms with Gasteiger partial charge in [0.25, 0.3) is 0 Å². The Balaban J connectivity index is 2.46. The van der Waals surface area contributed by atoms with Gasteiger partial charge in [-0.05, 0) is 46.8 Å². The minimum atomic E-state index is -0.207. The Labute approximate surface area is 143 Å². The van der Waals surface area contributed by atoms with E-state index in [1.165, 1.54) is 9.75 Å². The quantitative estimate of drug-likeness (QED) is 0.434. The van der Waals surface area contributed by atoms with Crippen molar-refractivity contribution in [2.45, 2.75) is 59.6 Å². The molecular weight excluding hydrogens is 310 g/mol. The number of ether oxygens (including phenoxy) is 1. The second-order valence-corrected chi connectivity index (χ2v) is 7.18. The van der Waals surface area contributed by atoms with Crippen LogP contribution in [0.1, 0.15) is 43.9 Å². The van der Waals surface area contributed by atoms with Gasteiger partial charge in [0.1, 0.15) is 0 Å². The summed E-state index contributed by atoms with van der Waals surface area (Å²) in [5.41, 5.74) is 0. The van der Waals surface area contributed by atoms with Crippen LogP contribution in [-0.4, -0.2) is 37.2 Å². The lowest BCUT2D eigenvalue weighted by Gasteiger charge is -2.17. The van der Waals surface area contributed by atoms with Crippen LogP contribution in [0, 0.1) is 6.92 Å². The number of esters is 1. The minimum Gasteiger partial charge on any atom is -0.463 e. The Morgan fingerprint density at radius 2 is 2.09 bits per heavy atom. The standard InChI is InChI=1S/C17H29N3O2S/c1-6-18-17(19-10-9-16(21)22-12(2)3)20-13(4)11-15-8-7-14(5)23-15/h7-8,12-13H,6,9-11H2,1-5H3,(H2,18,19,20). The number of carbonyl (C=O) groups excluding carboxylic acids is 1. The first-order chi connectivity index (χ1) is 10.9. The molecular formula is C17H29N3O2S. The molecule has 0 radical (unpaired) electrons. The van der Waals surface area contributed by atoms with Gasteiger partial charge < -0.3 is 15.4 Å². The van der Waals surface area contributed by atoms with Crippen molar-refractivity contribution in [3.63, 3.8) is 0 Å². The number of guanidine groups is 1. The summed E-state index contributed by atoms with van der Waals surface area (Å²) in [5, 5.41) is 6.59. The zero-order valence-electron chi connectivity index (χ0n) is 14.8. The van der Waals surface area contributed by atoms with Crippen LogP contribution in [0.3, 0.4) is 0 Å². The van der Waals surface area contributed by atoms with E-state index in [4.69, 9.17) is 4.74 Å². The van der Waals surface area contributed by atoms with Crippen molar-refractivity contribution in [2.75, 3.05) is 13.1 Å². The van der Waals surface area contributed by atoms with Gasteiger partial charge in [0.2, 0.25) is 0 Å². The van der Waals surface area contributed by atoms with E-state index in [-0.39, 0.29) is 18.1 Å². The molecule has 0 aliphatic heterocycles. The lowest BCUT2D eigenvalue weighted by molar-refractivity contribution is -0.147. The lowest BCUT2D eigenvalue weighted by Crippen LogP contribution is -2.43. The number of aliphatic imine (C=N–C) groups is 1. The fourth-order valence-electron chi connectivity index (χ4n) is 2.08. The Hall–Kier alpha value is -1.56. The molecule has 0 bridgehead atoms. The SMILES string of the molecule is CCNC(=NCCC(=O)OC(C)C)NC(C)Cc1ccc(C)s1. The van der Waals surface area contributed by atoms with Gasteiger partial charge in [-0.25, -0.2) is 0 Å². The number of nitrogens with one attached hydrogen (secondary N) is 2. The normalized spacial score (nSPS) is 13.0. The molecule has 1 aromatic rings. The number of rotatable bonds is 8.